The van der Waals surface area contributed by atoms with Crippen molar-refractivity contribution in [3.63, 3.8) is 0 Å². The van der Waals surface area contributed by atoms with Crippen LogP contribution in [0.4, 0.5) is 5.69 Å². The minimum absolute atomic E-state index is 0.0658. The number of amides is 2. The Hall–Kier alpha value is -2.18. The van der Waals surface area contributed by atoms with Gasteiger partial charge in [0.2, 0.25) is 5.91 Å². The average Bonchev–Trinajstić information content (AvgIpc) is 3.29. The van der Waals surface area contributed by atoms with Crippen molar-refractivity contribution in [2.24, 2.45) is 0 Å². The molecular formula is C20H22N2O3S. The SMILES string of the molecule is COCCN1C(=O)C2(CCN(C(=O)c3ccsc3)CC2)c2ccccc21. The minimum atomic E-state index is -0.504. The number of carbonyl (C=O) groups is 2. The fourth-order valence-corrected chi connectivity index (χ4v) is 4.77. The monoisotopic (exact) mass is 370 g/mol. The third-order valence-electron chi connectivity index (χ3n) is 5.56. The highest BCUT2D eigenvalue weighted by Crippen LogP contribution is 2.47. The molecule has 136 valence electrons. The summed E-state index contributed by atoms with van der Waals surface area (Å²) >= 11 is 1.53. The van der Waals surface area contributed by atoms with Crippen LogP contribution >= 0.6 is 11.3 Å². The summed E-state index contributed by atoms with van der Waals surface area (Å²) in [4.78, 5) is 29.7. The van der Waals surface area contributed by atoms with Gasteiger partial charge in [0.05, 0.1) is 17.6 Å². The van der Waals surface area contributed by atoms with E-state index in [1.54, 1.807) is 7.11 Å². The maximum absolute atomic E-state index is 13.3. The number of methoxy groups -OCH3 is 1. The fraction of sp³-hybridized carbons (Fsp3) is 0.400. The van der Waals surface area contributed by atoms with Gasteiger partial charge >= 0.3 is 0 Å². The minimum Gasteiger partial charge on any atom is -0.383 e. The molecule has 1 saturated heterocycles. The number of hydrogen-bond acceptors (Lipinski definition) is 4. The van der Waals surface area contributed by atoms with Crippen LogP contribution in [0, 0.1) is 0 Å². The van der Waals surface area contributed by atoms with E-state index < -0.39 is 5.41 Å². The summed E-state index contributed by atoms with van der Waals surface area (Å²) in [5.41, 5.74) is 2.33. The zero-order valence-corrected chi connectivity index (χ0v) is 15.6. The van der Waals surface area contributed by atoms with Crippen LogP contribution in [0.2, 0.25) is 0 Å². The van der Waals surface area contributed by atoms with Crippen LogP contribution in [-0.2, 0) is 14.9 Å². The lowest BCUT2D eigenvalue weighted by Gasteiger charge is -2.38. The molecule has 0 unspecified atom stereocenters. The predicted molar refractivity (Wildman–Crippen MR) is 102 cm³/mol. The first-order valence-electron chi connectivity index (χ1n) is 8.89. The third kappa shape index (κ3) is 2.64. The van der Waals surface area contributed by atoms with Crippen LogP contribution in [0.15, 0.2) is 41.1 Å². The van der Waals surface area contributed by atoms with Gasteiger partial charge in [0, 0.05) is 37.8 Å². The quantitative estimate of drug-likeness (QED) is 0.831. The van der Waals surface area contributed by atoms with E-state index >= 15 is 0 Å². The maximum atomic E-state index is 13.3. The van der Waals surface area contributed by atoms with Gasteiger partial charge in [0.25, 0.3) is 5.91 Å². The summed E-state index contributed by atoms with van der Waals surface area (Å²) in [5, 5.41) is 3.80. The second-order valence-electron chi connectivity index (χ2n) is 6.85. The van der Waals surface area contributed by atoms with E-state index in [9.17, 15) is 9.59 Å². The Morgan fingerprint density at radius 1 is 1.23 bits per heavy atom. The molecule has 4 rings (SSSR count). The van der Waals surface area contributed by atoms with Crippen molar-refractivity contribution in [2.45, 2.75) is 18.3 Å². The number of benzene rings is 1. The molecule has 26 heavy (non-hydrogen) atoms. The Kier molecular flexibility index (Phi) is 4.54. The van der Waals surface area contributed by atoms with Crippen molar-refractivity contribution in [1.29, 1.82) is 0 Å². The fourth-order valence-electron chi connectivity index (χ4n) is 4.14. The number of ether oxygens (including phenoxy) is 1. The van der Waals surface area contributed by atoms with Crippen LogP contribution < -0.4 is 4.90 Å². The first-order chi connectivity index (χ1) is 12.7. The van der Waals surface area contributed by atoms with Gasteiger partial charge in [-0.2, -0.15) is 11.3 Å². The summed E-state index contributed by atoms with van der Waals surface area (Å²) in [6.07, 6.45) is 1.34. The van der Waals surface area contributed by atoms with Crippen molar-refractivity contribution in [1.82, 2.24) is 4.90 Å². The first kappa shape index (κ1) is 17.2. The molecule has 2 amide bonds. The second-order valence-corrected chi connectivity index (χ2v) is 7.63. The van der Waals surface area contributed by atoms with Gasteiger partial charge in [-0.05, 0) is 35.9 Å². The summed E-state index contributed by atoms with van der Waals surface area (Å²) in [7, 11) is 1.65. The number of thiophene rings is 1. The van der Waals surface area contributed by atoms with Gasteiger partial charge in [-0.3, -0.25) is 9.59 Å². The van der Waals surface area contributed by atoms with E-state index in [0.29, 0.717) is 39.1 Å². The molecule has 0 bridgehead atoms. The van der Waals surface area contributed by atoms with Crippen LogP contribution in [0.25, 0.3) is 0 Å². The van der Waals surface area contributed by atoms with Gasteiger partial charge in [0.15, 0.2) is 0 Å². The molecule has 0 aliphatic carbocycles. The van der Waals surface area contributed by atoms with E-state index in [-0.39, 0.29) is 11.8 Å². The lowest BCUT2D eigenvalue weighted by atomic mass is 9.73. The van der Waals surface area contributed by atoms with Crippen LogP contribution in [0.5, 0.6) is 0 Å². The molecule has 0 saturated carbocycles. The molecule has 1 fully saturated rings. The number of likely N-dealkylation sites (tertiary alicyclic amines) is 1. The standard InChI is InChI=1S/C20H22N2O3S/c1-25-12-11-22-17-5-3-2-4-16(17)20(19(22)24)7-9-21(10-8-20)18(23)15-6-13-26-14-15/h2-6,13-14H,7-12H2,1H3. The molecule has 1 aromatic carbocycles. The van der Waals surface area contributed by atoms with E-state index in [0.717, 1.165) is 16.8 Å². The summed E-state index contributed by atoms with van der Waals surface area (Å²) in [6, 6.07) is 9.91. The average molecular weight is 370 g/mol. The van der Waals surface area contributed by atoms with Gasteiger partial charge in [-0.15, -0.1) is 0 Å². The molecule has 2 aromatic rings. The van der Waals surface area contributed by atoms with E-state index in [1.807, 2.05) is 44.8 Å². The lowest BCUT2D eigenvalue weighted by Crippen LogP contribution is -2.50. The summed E-state index contributed by atoms with van der Waals surface area (Å²) in [6.45, 7) is 2.28. The molecule has 5 nitrogen and oxygen atoms in total. The molecule has 2 aliphatic heterocycles. The molecule has 1 aromatic heterocycles. The van der Waals surface area contributed by atoms with Crippen molar-refractivity contribution in [2.75, 3.05) is 38.3 Å². The molecule has 0 radical (unpaired) electrons. The lowest BCUT2D eigenvalue weighted by molar-refractivity contribution is -0.124. The molecule has 6 heteroatoms. The number of carbonyl (C=O) groups excluding carboxylic acids is 2. The molecule has 3 heterocycles. The molecule has 1 spiro atoms. The summed E-state index contributed by atoms with van der Waals surface area (Å²) < 4.78 is 5.19. The zero-order valence-electron chi connectivity index (χ0n) is 14.8. The Morgan fingerprint density at radius 2 is 2.00 bits per heavy atom. The topological polar surface area (TPSA) is 49.9 Å². The number of para-hydroxylation sites is 1. The Bertz CT molecular complexity index is 810. The zero-order chi connectivity index (χ0) is 18.1. The third-order valence-corrected chi connectivity index (χ3v) is 6.24. The van der Waals surface area contributed by atoms with Crippen molar-refractivity contribution >= 4 is 28.8 Å². The molecule has 2 aliphatic rings. The van der Waals surface area contributed by atoms with Crippen molar-refractivity contribution < 1.29 is 14.3 Å². The largest absolute Gasteiger partial charge is 0.383 e. The van der Waals surface area contributed by atoms with Gasteiger partial charge in [0.1, 0.15) is 0 Å². The molecule has 0 N–H and O–H groups in total. The van der Waals surface area contributed by atoms with Gasteiger partial charge < -0.3 is 14.5 Å². The number of anilines is 1. The van der Waals surface area contributed by atoms with Gasteiger partial charge in [-0.1, -0.05) is 18.2 Å². The van der Waals surface area contributed by atoms with Crippen molar-refractivity contribution in [3.05, 3.63) is 52.2 Å². The smallest absolute Gasteiger partial charge is 0.254 e. The van der Waals surface area contributed by atoms with E-state index in [1.165, 1.54) is 11.3 Å². The predicted octanol–water partition coefficient (Wildman–Crippen LogP) is 2.92. The molecule has 0 atom stereocenters. The number of hydrogen-bond donors (Lipinski definition) is 0. The van der Waals surface area contributed by atoms with Crippen LogP contribution in [0.3, 0.4) is 0 Å². The van der Waals surface area contributed by atoms with Crippen molar-refractivity contribution in [3.8, 4) is 0 Å². The number of nitrogens with zero attached hydrogens (tertiary/aromatic N) is 2. The number of fused-ring (bicyclic) bond motifs is 2. The maximum Gasteiger partial charge on any atom is 0.254 e. The highest BCUT2D eigenvalue weighted by Gasteiger charge is 2.52. The first-order valence-corrected chi connectivity index (χ1v) is 9.83. The number of rotatable bonds is 4. The highest BCUT2D eigenvalue weighted by molar-refractivity contribution is 7.08. The highest BCUT2D eigenvalue weighted by atomic mass is 32.1. The Morgan fingerprint density at radius 3 is 2.69 bits per heavy atom. The second kappa shape index (κ2) is 6.85. The van der Waals surface area contributed by atoms with E-state index in [4.69, 9.17) is 4.74 Å². The number of piperidine rings is 1. The van der Waals surface area contributed by atoms with Crippen LogP contribution in [0.1, 0.15) is 28.8 Å². The normalized spacial score (nSPS) is 18.4. The Labute approximate surface area is 157 Å². The van der Waals surface area contributed by atoms with Gasteiger partial charge in [-0.25, -0.2) is 0 Å². The van der Waals surface area contributed by atoms with E-state index in [2.05, 4.69) is 6.07 Å². The molecular weight excluding hydrogens is 348 g/mol. The van der Waals surface area contributed by atoms with Crippen LogP contribution in [-0.4, -0.2) is 50.1 Å². The Balaban J connectivity index is 1.58. The summed E-state index contributed by atoms with van der Waals surface area (Å²) in [5.74, 6) is 0.217.